The van der Waals surface area contributed by atoms with Crippen LogP contribution >= 0.6 is 11.3 Å². The predicted molar refractivity (Wildman–Crippen MR) is 86.7 cm³/mol. The van der Waals surface area contributed by atoms with Crippen molar-refractivity contribution in [3.63, 3.8) is 0 Å². The number of carbonyl (C=O) groups is 1. The first-order chi connectivity index (χ1) is 10.8. The predicted octanol–water partition coefficient (Wildman–Crippen LogP) is 2.25. The van der Waals surface area contributed by atoms with E-state index in [2.05, 4.69) is 16.3 Å². The summed E-state index contributed by atoms with van der Waals surface area (Å²) in [6.45, 7) is 4.16. The van der Waals surface area contributed by atoms with Gasteiger partial charge in [0.1, 0.15) is 0 Å². The van der Waals surface area contributed by atoms with Gasteiger partial charge in [0, 0.05) is 30.4 Å². The number of nitrogens with zero attached hydrogens (tertiary/aromatic N) is 1. The highest BCUT2D eigenvalue weighted by atomic mass is 32.1. The zero-order valence-electron chi connectivity index (χ0n) is 12.9. The van der Waals surface area contributed by atoms with E-state index in [-0.39, 0.29) is 12.0 Å². The number of amides is 1. The quantitative estimate of drug-likeness (QED) is 0.874. The lowest BCUT2D eigenvalue weighted by atomic mass is 10.0. The average molecular weight is 320 g/mol. The van der Waals surface area contributed by atoms with Crippen molar-refractivity contribution in [1.29, 1.82) is 0 Å². The Balaban J connectivity index is 1.19. The molecule has 3 atom stereocenters. The lowest BCUT2D eigenvalue weighted by Gasteiger charge is -2.18. The topological polar surface area (TPSA) is 41.6 Å². The molecule has 3 aliphatic rings. The Bertz CT molecular complexity index is 501. The molecule has 22 heavy (non-hydrogen) atoms. The molecule has 0 radical (unpaired) electrons. The Morgan fingerprint density at radius 1 is 1.41 bits per heavy atom. The van der Waals surface area contributed by atoms with Crippen molar-refractivity contribution < 1.29 is 9.53 Å². The maximum absolute atomic E-state index is 12.0. The molecule has 1 aromatic rings. The molecule has 120 valence electrons. The monoisotopic (exact) mass is 320 g/mol. The Kier molecular flexibility index (Phi) is 4.20. The first-order valence-electron chi connectivity index (χ1n) is 8.43. The maximum atomic E-state index is 12.0. The Hall–Kier alpha value is -0.910. The largest absolute Gasteiger partial charge is 0.373 e. The molecule has 1 aromatic heterocycles. The van der Waals surface area contributed by atoms with Gasteiger partial charge >= 0.3 is 0 Å². The van der Waals surface area contributed by atoms with Gasteiger partial charge < -0.3 is 15.0 Å². The Morgan fingerprint density at radius 3 is 3.05 bits per heavy atom. The van der Waals surface area contributed by atoms with Crippen molar-refractivity contribution in [1.82, 2.24) is 10.2 Å². The lowest BCUT2D eigenvalue weighted by molar-refractivity contribution is -0.123. The Labute approximate surface area is 135 Å². The van der Waals surface area contributed by atoms with Crippen molar-refractivity contribution in [2.75, 3.05) is 19.6 Å². The molecule has 3 heterocycles. The number of hydrogen-bond acceptors (Lipinski definition) is 4. The van der Waals surface area contributed by atoms with Crippen LogP contribution in [0.3, 0.4) is 0 Å². The number of likely N-dealkylation sites (tertiary alicyclic amines) is 1. The van der Waals surface area contributed by atoms with Gasteiger partial charge in [-0.3, -0.25) is 4.79 Å². The van der Waals surface area contributed by atoms with Crippen molar-refractivity contribution in [2.45, 2.75) is 44.4 Å². The van der Waals surface area contributed by atoms with Gasteiger partial charge in [-0.15, -0.1) is 11.3 Å². The summed E-state index contributed by atoms with van der Waals surface area (Å²) in [7, 11) is 0. The fourth-order valence-corrected chi connectivity index (χ4v) is 4.42. The van der Waals surface area contributed by atoms with Crippen molar-refractivity contribution >= 4 is 17.2 Å². The molecule has 3 fully saturated rings. The van der Waals surface area contributed by atoms with Crippen LogP contribution < -0.4 is 5.32 Å². The summed E-state index contributed by atoms with van der Waals surface area (Å²) in [6, 6.07) is 4.07. The molecule has 4 rings (SSSR count). The molecule has 0 spiro atoms. The number of nitrogens with one attached hydrogen (secondary N) is 1. The first-order valence-corrected chi connectivity index (χ1v) is 9.31. The van der Waals surface area contributed by atoms with Gasteiger partial charge in [-0.2, -0.15) is 0 Å². The zero-order chi connectivity index (χ0) is 14.9. The third-order valence-electron chi connectivity index (χ3n) is 5.06. The number of carbonyl (C=O) groups excluding carboxylic acids is 1. The van der Waals surface area contributed by atoms with Crippen LogP contribution in [0.15, 0.2) is 17.5 Å². The van der Waals surface area contributed by atoms with E-state index in [1.54, 1.807) is 11.3 Å². The van der Waals surface area contributed by atoms with Crippen molar-refractivity contribution in [3.05, 3.63) is 22.4 Å². The third-order valence-corrected chi connectivity index (χ3v) is 5.93. The third kappa shape index (κ3) is 3.53. The molecule has 5 heteroatoms. The van der Waals surface area contributed by atoms with Gasteiger partial charge in [0.25, 0.3) is 0 Å². The van der Waals surface area contributed by atoms with Crippen molar-refractivity contribution in [3.8, 4) is 0 Å². The summed E-state index contributed by atoms with van der Waals surface area (Å²) in [5.74, 6) is 1.72. The highest BCUT2D eigenvalue weighted by molar-refractivity contribution is 7.09. The van der Waals surface area contributed by atoms with Crippen LogP contribution in [0, 0.1) is 11.8 Å². The van der Waals surface area contributed by atoms with Crippen LogP contribution in [0.1, 0.15) is 30.6 Å². The van der Waals surface area contributed by atoms with Gasteiger partial charge in [-0.25, -0.2) is 0 Å². The number of hydrogen-bond donors (Lipinski definition) is 1. The second-order valence-corrected chi connectivity index (χ2v) is 8.05. The summed E-state index contributed by atoms with van der Waals surface area (Å²) >= 11 is 1.68. The molecule has 1 saturated carbocycles. The molecule has 4 nitrogen and oxygen atoms in total. The van der Waals surface area contributed by atoms with Crippen LogP contribution in [0.5, 0.6) is 0 Å². The van der Waals surface area contributed by atoms with Crippen LogP contribution in [0.2, 0.25) is 0 Å². The molecule has 0 bridgehead atoms. The zero-order valence-corrected chi connectivity index (χ0v) is 13.7. The van der Waals surface area contributed by atoms with E-state index in [0.717, 1.165) is 18.9 Å². The van der Waals surface area contributed by atoms with E-state index in [1.165, 1.54) is 30.8 Å². The second kappa shape index (κ2) is 6.30. The number of thiophene rings is 1. The molecular formula is C17H24N2O2S. The minimum Gasteiger partial charge on any atom is -0.373 e. The highest BCUT2D eigenvalue weighted by Gasteiger charge is 2.43. The van der Waals surface area contributed by atoms with E-state index in [9.17, 15) is 4.79 Å². The normalized spacial score (nSPS) is 31.4. The molecule has 1 N–H and O–H groups in total. The van der Waals surface area contributed by atoms with Gasteiger partial charge in [0.2, 0.25) is 5.91 Å². The van der Waals surface area contributed by atoms with Gasteiger partial charge in [-0.05, 0) is 36.6 Å². The van der Waals surface area contributed by atoms with Crippen LogP contribution in [0.4, 0.5) is 0 Å². The molecule has 2 aliphatic heterocycles. The van der Waals surface area contributed by atoms with E-state index < -0.39 is 0 Å². The molecule has 0 aromatic carbocycles. The molecule has 0 unspecified atom stereocenters. The summed E-state index contributed by atoms with van der Waals surface area (Å²) in [6.07, 6.45) is 4.90. The summed E-state index contributed by atoms with van der Waals surface area (Å²) in [5.41, 5.74) is 0. The van der Waals surface area contributed by atoms with Crippen LogP contribution in [-0.2, 0) is 16.1 Å². The minimum atomic E-state index is 0.119. The second-order valence-electron chi connectivity index (χ2n) is 7.01. The summed E-state index contributed by atoms with van der Waals surface area (Å²) in [4.78, 5) is 15.8. The van der Waals surface area contributed by atoms with E-state index in [1.807, 2.05) is 11.4 Å². The smallest absolute Gasteiger partial charge is 0.222 e. The van der Waals surface area contributed by atoms with Crippen molar-refractivity contribution in [2.24, 2.45) is 11.8 Å². The SMILES string of the molecule is O=C(C[C@@H]1C[C@@H]2CN(CC3CC3)C[C@@H]2O1)NCc1cccs1. The van der Waals surface area contributed by atoms with Crippen LogP contribution in [0.25, 0.3) is 0 Å². The standard InChI is InChI=1S/C17H24N2O2S/c20-17(18-8-15-2-1-5-22-15)7-14-6-13-10-19(9-12-3-4-12)11-16(13)21-14/h1-2,5,12-14,16H,3-4,6-11H2,(H,18,20)/t13-,14+,16+/m1/s1. The first kappa shape index (κ1) is 14.7. The highest BCUT2D eigenvalue weighted by Crippen LogP contribution is 2.37. The fourth-order valence-electron chi connectivity index (χ4n) is 3.77. The van der Waals surface area contributed by atoms with E-state index in [4.69, 9.17) is 4.74 Å². The molecule has 1 aliphatic carbocycles. The number of rotatable bonds is 6. The van der Waals surface area contributed by atoms with Gasteiger partial charge in [0.05, 0.1) is 25.2 Å². The summed E-state index contributed by atoms with van der Waals surface area (Å²) in [5, 5.41) is 5.04. The average Bonchev–Trinajstić information content (AvgIpc) is 2.87. The van der Waals surface area contributed by atoms with Gasteiger partial charge in [0.15, 0.2) is 0 Å². The lowest BCUT2D eigenvalue weighted by Crippen LogP contribution is -2.30. The van der Waals surface area contributed by atoms with Crippen LogP contribution in [-0.4, -0.2) is 42.6 Å². The fraction of sp³-hybridized carbons (Fsp3) is 0.706. The van der Waals surface area contributed by atoms with E-state index in [0.29, 0.717) is 25.0 Å². The molecule has 1 amide bonds. The maximum Gasteiger partial charge on any atom is 0.222 e. The number of ether oxygens (including phenoxy) is 1. The van der Waals surface area contributed by atoms with E-state index >= 15 is 0 Å². The minimum absolute atomic E-state index is 0.119. The molecular weight excluding hydrogens is 296 g/mol. The molecule has 2 saturated heterocycles. The Morgan fingerprint density at radius 2 is 2.32 bits per heavy atom. The summed E-state index contributed by atoms with van der Waals surface area (Å²) < 4.78 is 6.13. The number of fused-ring (bicyclic) bond motifs is 1. The van der Waals surface area contributed by atoms with Gasteiger partial charge in [-0.1, -0.05) is 6.07 Å².